The van der Waals surface area contributed by atoms with Gasteiger partial charge in [0.2, 0.25) is 5.82 Å². The molecule has 1 atom stereocenters. The number of hydrogen-bond acceptors (Lipinski definition) is 5. The van der Waals surface area contributed by atoms with E-state index in [1.54, 1.807) is 24.1 Å². The minimum absolute atomic E-state index is 0.200. The number of methoxy groups -OCH3 is 1. The highest BCUT2D eigenvalue weighted by atomic mass is 19.1. The van der Waals surface area contributed by atoms with Crippen LogP contribution in [0.25, 0.3) is 17.0 Å². The molecule has 4 rings (SSSR count). The molecule has 3 aromatic rings. The lowest BCUT2D eigenvalue weighted by atomic mass is 9.94. The first-order valence-corrected chi connectivity index (χ1v) is 11.0. The molecular weight excluding hydrogens is 423 g/mol. The summed E-state index contributed by atoms with van der Waals surface area (Å²) < 4.78 is 24.5. The van der Waals surface area contributed by atoms with E-state index in [4.69, 9.17) is 9.26 Å². The third-order valence-electron chi connectivity index (χ3n) is 5.77. The molecule has 0 fully saturated rings. The van der Waals surface area contributed by atoms with Crippen LogP contribution in [-0.4, -0.2) is 34.7 Å². The number of nitrogens with one attached hydrogen (secondary N) is 1. The van der Waals surface area contributed by atoms with Gasteiger partial charge >= 0.3 is 6.03 Å². The molecule has 1 unspecified atom stereocenters. The van der Waals surface area contributed by atoms with Crippen molar-refractivity contribution in [2.45, 2.75) is 39.2 Å². The summed E-state index contributed by atoms with van der Waals surface area (Å²) in [6.45, 7) is 4.58. The molecule has 2 heterocycles. The van der Waals surface area contributed by atoms with Gasteiger partial charge < -0.3 is 14.6 Å². The van der Waals surface area contributed by atoms with Crippen LogP contribution in [-0.2, 0) is 0 Å². The number of benzene rings is 2. The fraction of sp³-hybridized carbons (Fsp3) is 0.320. The van der Waals surface area contributed by atoms with Crippen LogP contribution in [0.5, 0.6) is 5.75 Å². The number of carbonyl (C=O) groups excluding carboxylic acids is 1. The van der Waals surface area contributed by atoms with Crippen LogP contribution in [0.4, 0.5) is 9.18 Å². The molecule has 33 heavy (non-hydrogen) atoms. The Morgan fingerprint density at radius 2 is 1.97 bits per heavy atom. The monoisotopic (exact) mass is 450 g/mol. The van der Waals surface area contributed by atoms with Crippen LogP contribution in [0, 0.1) is 5.82 Å². The lowest BCUT2D eigenvalue weighted by molar-refractivity contribution is 0.204. The first kappa shape index (κ1) is 22.5. The van der Waals surface area contributed by atoms with Crippen molar-refractivity contribution in [3.63, 3.8) is 0 Å². The Balaban J connectivity index is 1.76. The molecule has 0 saturated heterocycles. The maximum atomic E-state index is 13.6. The van der Waals surface area contributed by atoms with Crippen LogP contribution in [0.2, 0.25) is 0 Å². The van der Waals surface area contributed by atoms with Crippen LogP contribution in [0.3, 0.4) is 0 Å². The first-order valence-electron chi connectivity index (χ1n) is 11.0. The molecule has 0 saturated carbocycles. The van der Waals surface area contributed by atoms with Crippen molar-refractivity contribution >= 4 is 11.6 Å². The van der Waals surface area contributed by atoms with E-state index in [-0.39, 0.29) is 11.8 Å². The molecule has 2 amide bonds. The molecule has 1 aromatic heterocycles. The predicted molar refractivity (Wildman–Crippen MR) is 123 cm³/mol. The minimum Gasteiger partial charge on any atom is -0.497 e. The van der Waals surface area contributed by atoms with Crippen LogP contribution in [0.1, 0.15) is 50.6 Å². The second kappa shape index (κ2) is 9.85. The Labute approximate surface area is 192 Å². The number of amides is 2. The van der Waals surface area contributed by atoms with E-state index in [1.807, 2.05) is 31.2 Å². The van der Waals surface area contributed by atoms with Gasteiger partial charge in [-0.25, -0.2) is 9.18 Å². The molecule has 0 aliphatic carbocycles. The van der Waals surface area contributed by atoms with E-state index in [9.17, 15) is 9.18 Å². The first-order chi connectivity index (χ1) is 16.0. The molecule has 8 heteroatoms. The van der Waals surface area contributed by atoms with Crippen LogP contribution < -0.4 is 10.1 Å². The van der Waals surface area contributed by atoms with E-state index in [0.717, 1.165) is 36.1 Å². The summed E-state index contributed by atoms with van der Waals surface area (Å²) in [6.07, 6.45) is 2.96. The number of allylic oxidation sites excluding steroid dienone is 1. The lowest BCUT2D eigenvalue weighted by Gasteiger charge is -2.35. The van der Waals surface area contributed by atoms with Gasteiger partial charge in [-0.1, -0.05) is 49.2 Å². The fourth-order valence-electron chi connectivity index (χ4n) is 3.97. The van der Waals surface area contributed by atoms with Gasteiger partial charge in [-0.15, -0.1) is 0 Å². The smallest absolute Gasteiger partial charge is 0.322 e. The van der Waals surface area contributed by atoms with Crippen molar-refractivity contribution in [1.29, 1.82) is 0 Å². The maximum Gasteiger partial charge on any atom is 0.322 e. The topological polar surface area (TPSA) is 80.5 Å². The second-order valence-corrected chi connectivity index (χ2v) is 7.95. The van der Waals surface area contributed by atoms with Crippen LogP contribution >= 0.6 is 0 Å². The molecule has 1 aliphatic heterocycles. The summed E-state index contributed by atoms with van der Waals surface area (Å²) in [6, 6.07) is 12.7. The third-order valence-corrected chi connectivity index (χ3v) is 5.77. The zero-order valence-electron chi connectivity index (χ0n) is 19.0. The summed E-state index contributed by atoms with van der Waals surface area (Å²) in [7, 11) is 1.60. The maximum absolute atomic E-state index is 13.6. The van der Waals surface area contributed by atoms with Gasteiger partial charge in [-0.05, 0) is 43.2 Å². The van der Waals surface area contributed by atoms with Crippen LogP contribution in [0.15, 0.2) is 58.8 Å². The number of ether oxygens (including phenoxy) is 1. The molecule has 1 N–H and O–H groups in total. The van der Waals surface area contributed by atoms with E-state index in [1.165, 1.54) is 12.1 Å². The van der Waals surface area contributed by atoms with Crippen molar-refractivity contribution in [3.05, 3.63) is 71.5 Å². The van der Waals surface area contributed by atoms with Crippen molar-refractivity contribution in [2.24, 2.45) is 0 Å². The van der Waals surface area contributed by atoms with Crippen molar-refractivity contribution in [3.8, 4) is 17.1 Å². The normalized spacial score (nSPS) is 16.2. The number of hydrogen-bond donors (Lipinski definition) is 1. The van der Waals surface area contributed by atoms with Crippen molar-refractivity contribution in [1.82, 2.24) is 20.4 Å². The molecule has 1 aliphatic rings. The quantitative estimate of drug-likeness (QED) is 0.454. The zero-order valence-corrected chi connectivity index (χ0v) is 19.0. The molecule has 0 radical (unpaired) electrons. The van der Waals surface area contributed by atoms with Gasteiger partial charge in [-0.3, -0.25) is 4.90 Å². The Morgan fingerprint density at radius 1 is 1.18 bits per heavy atom. The van der Waals surface area contributed by atoms with Crippen molar-refractivity contribution in [2.75, 3.05) is 13.7 Å². The largest absolute Gasteiger partial charge is 0.497 e. The molecular formula is C25H27FN4O3. The summed E-state index contributed by atoms with van der Waals surface area (Å²) in [5, 5.41) is 7.20. The number of urea groups is 1. The van der Waals surface area contributed by atoms with Gasteiger partial charge in [0.15, 0.2) is 0 Å². The van der Waals surface area contributed by atoms with Gasteiger partial charge in [0, 0.05) is 17.8 Å². The van der Waals surface area contributed by atoms with Gasteiger partial charge in [0.1, 0.15) is 11.6 Å². The van der Waals surface area contributed by atoms with Gasteiger partial charge in [-0.2, -0.15) is 4.98 Å². The fourth-order valence-corrected chi connectivity index (χ4v) is 3.97. The Morgan fingerprint density at radius 3 is 2.70 bits per heavy atom. The predicted octanol–water partition coefficient (Wildman–Crippen LogP) is 5.57. The summed E-state index contributed by atoms with van der Waals surface area (Å²) >= 11 is 0. The van der Waals surface area contributed by atoms with E-state index in [0.29, 0.717) is 29.6 Å². The van der Waals surface area contributed by atoms with E-state index in [2.05, 4.69) is 22.4 Å². The molecule has 7 nitrogen and oxygen atoms in total. The SMILES string of the molecule is CCCCCN1C(=O)NC(c2ccc(F)cc2)C(c2nc(-c3cccc(OC)c3)no2)=C1C. The number of rotatable bonds is 8. The second-order valence-electron chi connectivity index (χ2n) is 7.95. The number of nitrogens with zero attached hydrogens (tertiary/aromatic N) is 3. The molecule has 0 bridgehead atoms. The highest BCUT2D eigenvalue weighted by Crippen LogP contribution is 2.37. The van der Waals surface area contributed by atoms with Gasteiger partial charge in [0.25, 0.3) is 5.89 Å². The molecule has 0 spiro atoms. The van der Waals surface area contributed by atoms with E-state index >= 15 is 0 Å². The summed E-state index contributed by atoms with van der Waals surface area (Å²) in [5.41, 5.74) is 2.92. The Kier molecular flexibility index (Phi) is 6.72. The number of carbonyl (C=O) groups is 1. The number of unbranched alkanes of at least 4 members (excludes halogenated alkanes) is 2. The molecule has 172 valence electrons. The average molecular weight is 451 g/mol. The number of aromatic nitrogens is 2. The lowest BCUT2D eigenvalue weighted by Crippen LogP contribution is -2.46. The summed E-state index contributed by atoms with van der Waals surface area (Å²) in [4.78, 5) is 19.3. The minimum atomic E-state index is -0.542. The molecule has 2 aromatic carbocycles. The van der Waals surface area contributed by atoms with Crippen molar-refractivity contribution < 1.29 is 18.4 Å². The Bertz CT molecular complexity index is 1160. The average Bonchev–Trinajstić information content (AvgIpc) is 3.31. The van der Waals surface area contributed by atoms with Gasteiger partial charge in [0.05, 0.1) is 18.7 Å². The highest BCUT2D eigenvalue weighted by Gasteiger charge is 2.35. The Hall–Kier alpha value is -3.68. The number of halogens is 1. The zero-order chi connectivity index (χ0) is 23.4. The highest BCUT2D eigenvalue weighted by molar-refractivity contribution is 5.86. The third kappa shape index (κ3) is 4.74. The summed E-state index contributed by atoms with van der Waals surface area (Å²) in [5.74, 6) is 1.06. The van der Waals surface area contributed by atoms with E-state index < -0.39 is 6.04 Å². The standard InChI is InChI=1S/C25H27FN4O3/c1-4-5-6-14-30-16(2)21(22(27-25(30)31)17-10-12-19(26)13-11-17)24-28-23(29-33-24)18-8-7-9-20(15-18)32-3/h7-13,15,22H,4-6,14H2,1-3H3,(H,27,31).